The molecule has 1 saturated carbocycles. The molecule has 2 fully saturated rings. The third kappa shape index (κ3) is 3.75. The number of aromatic nitrogens is 1. The van der Waals surface area contributed by atoms with Crippen molar-refractivity contribution in [2.45, 2.75) is 56.9 Å². The third-order valence-corrected chi connectivity index (χ3v) is 8.19. The second-order valence-corrected chi connectivity index (χ2v) is 10.1. The van der Waals surface area contributed by atoms with Crippen molar-refractivity contribution in [2.24, 2.45) is 0 Å². The number of morpholine rings is 1. The van der Waals surface area contributed by atoms with Gasteiger partial charge in [-0.05, 0) is 54.4 Å². The first-order valence-corrected chi connectivity index (χ1v) is 13.0. The zero-order valence-corrected chi connectivity index (χ0v) is 20.0. The number of carboxylic acids is 1. The molecule has 182 valence electrons. The molecule has 3 heterocycles. The van der Waals surface area contributed by atoms with Crippen LogP contribution in [0, 0.1) is 0 Å². The van der Waals surface area contributed by atoms with Crippen molar-refractivity contribution < 1.29 is 19.4 Å². The van der Waals surface area contributed by atoms with E-state index < -0.39 is 5.97 Å². The summed E-state index contributed by atoms with van der Waals surface area (Å²) in [5.74, 6) is -0.347. The predicted octanol–water partition coefficient (Wildman–Crippen LogP) is 5.40. The van der Waals surface area contributed by atoms with Crippen molar-refractivity contribution in [3.8, 4) is 11.3 Å². The van der Waals surface area contributed by atoms with Crippen molar-refractivity contribution in [1.82, 2.24) is 9.47 Å². The van der Waals surface area contributed by atoms with Gasteiger partial charge in [0.1, 0.15) is 6.04 Å². The Labute approximate surface area is 205 Å². The van der Waals surface area contributed by atoms with E-state index in [4.69, 9.17) is 4.74 Å². The molecule has 0 bridgehead atoms. The standard InChI is InChI=1S/C29H32N2O4/c32-28(30-15-17-35-18-16-30)24-14-13-21-22(29(33)34)11-12-23-25(19-7-3-1-4-8-19)26(31(24)27(21)23)20-9-5-2-6-10-20/h2,5-6,9-12,19,24H,1,3-4,7-8,13-18H2,(H,33,34)/t24-/m1/s1. The molecule has 6 nitrogen and oxygen atoms in total. The average molecular weight is 473 g/mol. The molecule has 2 aromatic carbocycles. The van der Waals surface area contributed by atoms with Gasteiger partial charge in [0.2, 0.25) is 5.91 Å². The van der Waals surface area contributed by atoms with Gasteiger partial charge in [0.15, 0.2) is 0 Å². The van der Waals surface area contributed by atoms with Crippen LogP contribution in [0.2, 0.25) is 0 Å². The molecule has 0 radical (unpaired) electrons. The highest BCUT2D eigenvalue weighted by Gasteiger charge is 2.38. The van der Waals surface area contributed by atoms with Crippen molar-refractivity contribution in [3.63, 3.8) is 0 Å². The Morgan fingerprint density at radius 1 is 0.914 bits per heavy atom. The van der Waals surface area contributed by atoms with Crippen LogP contribution >= 0.6 is 0 Å². The smallest absolute Gasteiger partial charge is 0.336 e. The molecule has 0 spiro atoms. The van der Waals surface area contributed by atoms with Crippen LogP contribution in [0.3, 0.4) is 0 Å². The Morgan fingerprint density at radius 3 is 2.37 bits per heavy atom. The van der Waals surface area contributed by atoms with E-state index in [-0.39, 0.29) is 11.9 Å². The maximum atomic E-state index is 13.9. The summed E-state index contributed by atoms with van der Waals surface area (Å²) in [5.41, 5.74) is 5.73. The van der Waals surface area contributed by atoms with Gasteiger partial charge in [-0.3, -0.25) is 4.79 Å². The minimum absolute atomic E-state index is 0.129. The zero-order valence-electron chi connectivity index (χ0n) is 20.0. The van der Waals surface area contributed by atoms with E-state index >= 15 is 0 Å². The Bertz CT molecular complexity index is 1270. The summed E-state index contributed by atoms with van der Waals surface area (Å²) in [6.45, 7) is 2.35. The fraction of sp³-hybridized carbons (Fsp3) is 0.448. The molecule has 35 heavy (non-hydrogen) atoms. The highest BCUT2D eigenvalue weighted by molar-refractivity contribution is 6.03. The van der Waals surface area contributed by atoms with E-state index in [2.05, 4.69) is 28.8 Å². The minimum Gasteiger partial charge on any atom is -0.478 e. The van der Waals surface area contributed by atoms with Crippen LogP contribution in [-0.4, -0.2) is 52.8 Å². The second-order valence-electron chi connectivity index (χ2n) is 10.1. The topological polar surface area (TPSA) is 71.8 Å². The van der Waals surface area contributed by atoms with Crippen LogP contribution in [0.15, 0.2) is 42.5 Å². The van der Waals surface area contributed by atoms with Crippen LogP contribution in [0.5, 0.6) is 0 Å². The summed E-state index contributed by atoms with van der Waals surface area (Å²) in [6, 6.07) is 13.9. The summed E-state index contributed by atoms with van der Waals surface area (Å²) in [7, 11) is 0. The Kier molecular flexibility index (Phi) is 5.85. The van der Waals surface area contributed by atoms with Gasteiger partial charge in [-0.15, -0.1) is 0 Å². The van der Waals surface area contributed by atoms with Gasteiger partial charge in [-0.25, -0.2) is 4.79 Å². The number of carbonyl (C=O) groups excluding carboxylic acids is 1. The van der Waals surface area contributed by atoms with E-state index in [1.807, 2.05) is 17.0 Å². The molecule has 3 aliphatic rings. The molecule has 1 aromatic heterocycles. The summed E-state index contributed by atoms with van der Waals surface area (Å²) < 4.78 is 7.74. The molecule has 1 N–H and O–H groups in total. The van der Waals surface area contributed by atoms with E-state index in [9.17, 15) is 14.7 Å². The minimum atomic E-state index is -0.895. The number of hydrogen-bond donors (Lipinski definition) is 1. The van der Waals surface area contributed by atoms with Gasteiger partial charge in [0.25, 0.3) is 0 Å². The number of nitrogens with zero attached hydrogens (tertiary/aromatic N) is 2. The van der Waals surface area contributed by atoms with Crippen LogP contribution in [0.1, 0.15) is 72.0 Å². The lowest BCUT2D eigenvalue weighted by Gasteiger charge is -2.34. The van der Waals surface area contributed by atoms with Gasteiger partial charge in [-0.1, -0.05) is 55.7 Å². The molecule has 0 unspecified atom stereocenters. The van der Waals surface area contributed by atoms with Crippen LogP contribution in [-0.2, 0) is 16.0 Å². The average Bonchev–Trinajstić information content (AvgIpc) is 3.26. The quantitative estimate of drug-likeness (QED) is 0.552. The molecule has 1 amide bonds. The zero-order chi connectivity index (χ0) is 23.9. The molecule has 6 rings (SSSR count). The lowest BCUT2D eigenvalue weighted by Crippen LogP contribution is -2.45. The number of carboxylic acid groups (broad SMARTS) is 1. The number of rotatable bonds is 4. The van der Waals surface area contributed by atoms with Gasteiger partial charge < -0.3 is 19.3 Å². The molecule has 2 aliphatic heterocycles. The summed E-state index contributed by atoms with van der Waals surface area (Å²) in [5, 5.41) is 11.1. The lowest BCUT2D eigenvalue weighted by molar-refractivity contribution is -0.139. The first-order chi connectivity index (χ1) is 17.1. The van der Waals surface area contributed by atoms with E-state index in [0.29, 0.717) is 50.6 Å². The number of carbonyl (C=O) groups is 2. The number of aryl methyl sites for hydroxylation is 1. The fourth-order valence-corrected chi connectivity index (χ4v) is 6.60. The predicted molar refractivity (Wildman–Crippen MR) is 135 cm³/mol. The van der Waals surface area contributed by atoms with Crippen molar-refractivity contribution in [1.29, 1.82) is 0 Å². The van der Waals surface area contributed by atoms with Crippen LogP contribution < -0.4 is 0 Å². The summed E-state index contributed by atoms with van der Waals surface area (Å²) >= 11 is 0. The monoisotopic (exact) mass is 472 g/mol. The number of aromatic carboxylic acids is 1. The number of ether oxygens (including phenoxy) is 1. The number of benzene rings is 2. The van der Waals surface area contributed by atoms with Gasteiger partial charge in [0.05, 0.1) is 30.0 Å². The van der Waals surface area contributed by atoms with Gasteiger partial charge in [-0.2, -0.15) is 0 Å². The molecule has 6 heteroatoms. The largest absolute Gasteiger partial charge is 0.478 e. The maximum Gasteiger partial charge on any atom is 0.336 e. The summed E-state index contributed by atoms with van der Waals surface area (Å²) in [4.78, 5) is 28.0. The Hall–Kier alpha value is -3.12. The number of amides is 1. The lowest BCUT2D eigenvalue weighted by atomic mass is 9.81. The van der Waals surface area contributed by atoms with E-state index in [1.54, 1.807) is 6.07 Å². The van der Waals surface area contributed by atoms with E-state index in [0.717, 1.165) is 40.6 Å². The number of hydrogen-bond acceptors (Lipinski definition) is 3. The molecule has 1 atom stereocenters. The van der Waals surface area contributed by atoms with Crippen molar-refractivity contribution in [3.05, 3.63) is 59.2 Å². The molecule has 1 saturated heterocycles. The molecular weight excluding hydrogens is 440 g/mol. The Balaban J connectivity index is 1.64. The Morgan fingerprint density at radius 2 is 1.66 bits per heavy atom. The van der Waals surface area contributed by atoms with Gasteiger partial charge in [0, 0.05) is 18.5 Å². The van der Waals surface area contributed by atoms with Crippen LogP contribution in [0.4, 0.5) is 0 Å². The third-order valence-electron chi connectivity index (χ3n) is 8.19. The van der Waals surface area contributed by atoms with Crippen molar-refractivity contribution in [2.75, 3.05) is 26.3 Å². The van der Waals surface area contributed by atoms with E-state index in [1.165, 1.54) is 24.8 Å². The van der Waals surface area contributed by atoms with Crippen molar-refractivity contribution >= 4 is 22.8 Å². The molecule has 3 aromatic rings. The highest BCUT2D eigenvalue weighted by Crippen LogP contribution is 2.49. The SMILES string of the molecule is O=C(O)c1ccc2c(C3CCCCC3)c(-c3ccccc3)n3c2c1CC[C@@H]3C(=O)N1CCOCC1. The fourth-order valence-electron chi connectivity index (χ4n) is 6.60. The maximum absolute atomic E-state index is 13.9. The molecule has 1 aliphatic carbocycles. The first-order valence-electron chi connectivity index (χ1n) is 13.0. The normalized spacial score (nSPS) is 20.8. The first kappa shape index (κ1) is 22.4. The summed E-state index contributed by atoms with van der Waals surface area (Å²) in [6.07, 6.45) is 7.17. The highest BCUT2D eigenvalue weighted by atomic mass is 16.5. The second kappa shape index (κ2) is 9.15. The molecular formula is C29H32N2O4. The van der Waals surface area contributed by atoms with Gasteiger partial charge >= 0.3 is 5.97 Å². The van der Waals surface area contributed by atoms with Crippen LogP contribution in [0.25, 0.3) is 22.2 Å².